The third-order valence-corrected chi connectivity index (χ3v) is 9.19. The van der Waals surface area contributed by atoms with E-state index in [2.05, 4.69) is 10.6 Å². The molecule has 1 aliphatic heterocycles. The summed E-state index contributed by atoms with van der Waals surface area (Å²) in [6, 6.07) is 13.9. The molecule has 2 amide bonds. The molecule has 0 bridgehead atoms. The van der Waals surface area contributed by atoms with Crippen molar-refractivity contribution in [2.24, 2.45) is 15.9 Å². The Labute approximate surface area is 351 Å². The van der Waals surface area contributed by atoms with Crippen molar-refractivity contribution in [1.82, 2.24) is 10.6 Å². The predicted molar refractivity (Wildman–Crippen MR) is 224 cm³/mol. The zero-order valence-corrected chi connectivity index (χ0v) is 36.3. The maximum atomic E-state index is 14.4. The molecule has 0 saturated carbocycles. The fourth-order valence-corrected chi connectivity index (χ4v) is 6.17. The number of hydrogen-bond acceptors (Lipinski definition) is 14. The number of alkyl carbamates (subject to hydrolysis) is 1. The molecule has 1 heterocycles. The van der Waals surface area contributed by atoms with Crippen molar-refractivity contribution in [2.45, 2.75) is 77.7 Å². The molecule has 4 rings (SSSR count). The molecule has 0 fully saturated rings. The maximum Gasteiger partial charge on any atom is 0.408 e. The summed E-state index contributed by atoms with van der Waals surface area (Å²) < 4.78 is 50.7. The number of methoxy groups -OCH3 is 5. The van der Waals surface area contributed by atoms with Crippen molar-refractivity contribution >= 4 is 29.8 Å². The molecule has 1 aliphatic rings. The topological polar surface area (TPSA) is 183 Å². The minimum Gasteiger partial charge on any atom is -0.496 e. The summed E-state index contributed by atoms with van der Waals surface area (Å²) in [4.78, 5) is 50.8. The van der Waals surface area contributed by atoms with E-state index in [-0.39, 0.29) is 43.1 Å². The van der Waals surface area contributed by atoms with Crippen molar-refractivity contribution in [3.8, 4) is 23.0 Å². The molecule has 0 unspecified atom stereocenters. The summed E-state index contributed by atoms with van der Waals surface area (Å²) in [5.41, 5.74) is 1.43. The van der Waals surface area contributed by atoms with Crippen LogP contribution < -0.4 is 24.8 Å². The Bertz CT molecular complexity index is 1980. The Morgan fingerprint density at radius 2 is 1.45 bits per heavy atom. The first-order chi connectivity index (χ1) is 28.6. The van der Waals surface area contributed by atoms with E-state index in [4.69, 9.17) is 52.6 Å². The van der Waals surface area contributed by atoms with Crippen LogP contribution in [-0.2, 0) is 44.4 Å². The highest BCUT2D eigenvalue weighted by molar-refractivity contribution is 5.95. The van der Waals surface area contributed by atoms with E-state index in [9.17, 15) is 14.4 Å². The van der Waals surface area contributed by atoms with E-state index in [1.807, 2.05) is 57.2 Å². The fraction of sp³-hybridized carbons (Fsp3) is 0.477. The van der Waals surface area contributed by atoms with Gasteiger partial charge in [-0.2, -0.15) is 0 Å². The normalized spacial score (nSPS) is 16.1. The van der Waals surface area contributed by atoms with Crippen LogP contribution in [0.4, 0.5) is 4.79 Å². The van der Waals surface area contributed by atoms with E-state index in [1.165, 1.54) is 14.2 Å². The molecule has 0 spiro atoms. The number of hydrogen-bond donors (Lipinski definition) is 2. The highest BCUT2D eigenvalue weighted by atomic mass is 16.7. The third-order valence-electron chi connectivity index (χ3n) is 9.19. The average Bonchev–Trinajstić information content (AvgIpc) is 3.22. The zero-order valence-electron chi connectivity index (χ0n) is 36.3. The lowest BCUT2D eigenvalue weighted by atomic mass is 9.99. The van der Waals surface area contributed by atoms with Crippen LogP contribution in [-0.4, -0.2) is 103 Å². The highest BCUT2D eigenvalue weighted by Crippen LogP contribution is 2.41. The predicted octanol–water partition coefficient (Wildman–Crippen LogP) is 6.43. The number of aliphatic imine (C=N–C) groups is 2. The Kier molecular flexibility index (Phi) is 17.1. The first-order valence-corrected chi connectivity index (χ1v) is 19.5. The molecule has 60 heavy (non-hydrogen) atoms. The SMILES string of the molecule is COCCOCOC(=O)[C@@H](Cc1ccccc1)NC(=O)[C@H](NC(=O)OC(C)(C)C)c1ccc(OC)c(Oc2cc([C@H]3N=C(OC)[C@@H](C(C)C)N=C3OC)cc(OC)c2C)c1. The van der Waals surface area contributed by atoms with Crippen LogP contribution >= 0.6 is 0 Å². The molecule has 3 aromatic rings. The largest absolute Gasteiger partial charge is 0.496 e. The molecule has 0 saturated heterocycles. The minimum absolute atomic E-state index is 0.0849. The quantitative estimate of drug-likeness (QED) is 0.0815. The van der Waals surface area contributed by atoms with Crippen molar-refractivity contribution in [1.29, 1.82) is 0 Å². The first kappa shape index (κ1) is 46.8. The molecule has 0 radical (unpaired) electrons. The van der Waals surface area contributed by atoms with Crippen molar-refractivity contribution in [2.75, 3.05) is 55.6 Å². The minimum atomic E-state index is -1.39. The second-order valence-corrected chi connectivity index (χ2v) is 15.1. The van der Waals surface area contributed by atoms with E-state index >= 15 is 0 Å². The summed E-state index contributed by atoms with van der Waals surface area (Å²) in [6.07, 6.45) is -0.788. The maximum absolute atomic E-state index is 14.4. The second-order valence-electron chi connectivity index (χ2n) is 15.1. The van der Waals surface area contributed by atoms with Gasteiger partial charge in [0.15, 0.2) is 24.3 Å². The first-order valence-electron chi connectivity index (χ1n) is 19.5. The van der Waals surface area contributed by atoms with Gasteiger partial charge >= 0.3 is 12.1 Å². The van der Waals surface area contributed by atoms with Gasteiger partial charge in [0.2, 0.25) is 17.7 Å². The van der Waals surface area contributed by atoms with Crippen LogP contribution in [0, 0.1) is 12.8 Å². The van der Waals surface area contributed by atoms with Gasteiger partial charge in [0.25, 0.3) is 0 Å². The van der Waals surface area contributed by atoms with Gasteiger partial charge in [-0.15, -0.1) is 0 Å². The summed E-state index contributed by atoms with van der Waals surface area (Å²) in [5.74, 6) is 0.854. The van der Waals surface area contributed by atoms with Gasteiger partial charge < -0.3 is 53.3 Å². The zero-order chi connectivity index (χ0) is 44.0. The standard InChI is InChI=1S/C44H58N4O12/c1-26(2)36-40(55-10)47-38(41(46-36)56-11)30-23-33(54-9)27(3)34(24-30)59-35-22-29(17-18-32(35)53-8)37(48-43(51)60-44(4,5)6)39(49)45-31(21-28-15-13-12-14-16-28)42(50)58-25-57-20-19-52-7/h12-18,22-24,26,31,36-38H,19-21,25H2,1-11H3,(H,45,49)(H,48,51)/t31-,36-,37-,38-/m1/s1. The Morgan fingerprint density at radius 1 is 0.767 bits per heavy atom. The molecule has 326 valence electrons. The van der Waals surface area contributed by atoms with Gasteiger partial charge in [0, 0.05) is 19.1 Å². The molecule has 16 heteroatoms. The van der Waals surface area contributed by atoms with Crippen molar-refractivity contribution in [3.05, 3.63) is 82.9 Å². The van der Waals surface area contributed by atoms with E-state index < -0.39 is 41.7 Å². The molecule has 16 nitrogen and oxygen atoms in total. The number of benzene rings is 3. The number of carbonyl (C=O) groups excluding carboxylic acids is 3. The van der Waals surface area contributed by atoms with Gasteiger partial charge in [-0.05, 0) is 74.6 Å². The van der Waals surface area contributed by atoms with Crippen LogP contribution in [0.15, 0.2) is 70.6 Å². The van der Waals surface area contributed by atoms with E-state index in [0.29, 0.717) is 46.8 Å². The lowest BCUT2D eigenvalue weighted by Crippen LogP contribution is -2.49. The monoisotopic (exact) mass is 834 g/mol. The average molecular weight is 835 g/mol. The molecule has 0 aromatic heterocycles. The summed E-state index contributed by atoms with van der Waals surface area (Å²) >= 11 is 0. The Morgan fingerprint density at radius 3 is 2.07 bits per heavy atom. The number of nitrogens with one attached hydrogen (secondary N) is 2. The van der Waals surface area contributed by atoms with Gasteiger partial charge in [-0.1, -0.05) is 50.2 Å². The fourth-order valence-electron chi connectivity index (χ4n) is 6.17. The van der Waals surface area contributed by atoms with Gasteiger partial charge in [0.05, 0.1) is 41.7 Å². The lowest BCUT2D eigenvalue weighted by molar-refractivity contribution is -0.160. The number of esters is 1. The van der Waals surface area contributed by atoms with Gasteiger partial charge in [-0.3, -0.25) is 4.79 Å². The van der Waals surface area contributed by atoms with Crippen LogP contribution in [0.25, 0.3) is 0 Å². The summed E-state index contributed by atoms with van der Waals surface area (Å²) in [7, 11) is 7.64. The van der Waals surface area contributed by atoms with E-state index in [1.54, 1.807) is 66.4 Å². The molecule has 0 aliphatic carbocycles. The van der Waals surface area contributed by atoms with Crippen LogP contribution in [0.3, 0.4) is 0 Å². The third kappa shape index (κ3) is 12.8. The van der Waals surface area contributed by atoms with Crippen LogP contribution in [0.2, 0.25) is 0 Å². The number of nitrogens with zero attached hydrogens (tertiary/aromatic N) is 2. The molecule has 3 aromatic carbocycles. The van der Waals surface area contributed by atoms with E-state index in [0.717, 1.165) is 5.56 Å². The van der Waals surface area contributed by atoms with Crippen LogP contribution in [0.1, 0.15) is 69.0 Å². The smallest absolute Gasteiger partial charge is 0.408 e. The second kappa shape index (κ2) is 21.9. The van der Waals surface area contributed by atoms with Gasteiger partial charge in [-0.25, -0.2) is 19.6 Å². The molecule has 4 atom stereocenters. The molecular formula is C44H58N4O12. The van der Waals surface area contributed by atoms with Crippen molar-refractivity contribution < 1.29 is 57.0 Å². The summed E-state index contributed by atoms with van der Waals surface area (Å²) in [5, 5.41) is 5.45. The molecule has 2 N–H and O–H groups in total. The number of rotatable bonds is 18. The molecular weight excluding hydrogens is 776 g/mol. The Hall–Kier alpha value is -5.87. The van der Waals surface area contributed by atoms with Crippen molar-refractivity contribution in [3.63, 3.8) is 0 Å². The number of ether oxygens (including phenoxy) is 9. The summed E-state index contributed by atoms with van der Waals surface area (Å²) in [6.45, 7) is 11.1. The number of carbonyl (C=O) groups is 3. The van der Waals surface area contributed by atoms with Gasteiger partial charge in [0.1, 0.15) is 35.2 Å². The lowest BCUT2D eigenvalue weighted by Gasteiger charge is -2.28. The number of amides is 2. The van der Waals surface area contributed by atoms with Crippen LogP contribution in [0.5, 0.6) is 23.0 Å². The highest BCUT2D eigenvalue weighted by Gasteiger charge is 2.34. The Balaban J connectivity index is 1.75.